The maximum absolute atomic E-state index is 16.8. The van der Waals surface area contributed by atoms with Gasteiger partial charge < -0.3 is 20.1 Å². The number of hydrogen-bond donors (Lipinski definition) is 2. The molecular weight excluding hydrogens is 569 g/mol. The second-order valence-corrected chi connectivity index (χ2v) is 12.2. The number of fused-ring (bicyclic) bond motifs is 6. The maximum atomic E-state index is 16.8. The van der Waals surface area contributed by atoms with E-state index in [0.29, 0.717) is 49.1 Å². The Morgan fingerprint density at radius 2 is 2.11 bits per heavy atom. The number of piperidine rings is 2. The SMILES string of the molecule is [2H]C([2H])(Oc1nc(N2CC3CCC2CN3)c2cnc(-c3cc(O)cc4ccc(F)c(C#C)c34)c(F)c2n1)[C@@]12CCCN1C[C@H](F)C2. The van der Waals surface area contributed by atoms with Crippen LogP contribution >= 0.6 is 0 Å². The van der Waals surface area contributed by atoms with E-state index in [2.05, 4.69) is 31.1 Å². The molecule has 2 bridgehead atoms. The number of rotatable bonds is 5. The number of alkyl halides is 1. The lowest BCUT2D eigenvalue weighted by Gasteiger charge is -2.46. The summed E-state index contributed by atoms with van der Waals surface area (Å²) in [7, 11) is 0. The zero-order valence-corrected chi connectivity index (χ0v) is 23.8. The number of nitrogens with one attached hydrogen (secondary N) is 1. The molecule has 226 valence electrons. The first-order valence-electron chi connectivity index (χ1n) is 15.9. The Bertz CT molecular complexity index is 1950. The number of nitrogens with zero attached hydrogens (tertiary/aromatic N) is 5. The molecule has 2 aromatic carbocycles. The normalized spacial score (nSPS) is 27.4. The van der Waals surface area contributed by atoms with Crippen molar-refractivity contribution < 1.29 is 25.8 Å². The summed E-state index contributed by atoms with van der Waals surface area (Å²) in [5, 5.41) is 14.9. The second-order valence-electron chi connectivity index (χ2n) is 12.2. The number of aromatic hydroxyl groups is 1. The molecule has 7 heterocycles. The van der Waals surface area contributed by atoms with Crippen LogP contribution in [-0.2, 0) is 0 Å². The van der Waals surface area contributed by atoms with E-state index < -0.39 is 29.9 Å². The third kappa shape index (κ3) is 4.26. The van der Waals surface area contributed by atoms with E-state index >= 15 is 4.39 Å². The first-order valence-corrected chi connectivity index (χ1v) is 14.9. The number of phenols is 1. The number of benzene rings is 2. The molecule has 0 saturated carbocycles. The van der Waals surface area contributed by atoms with Crippen molar-refractivity contribution in [2.45, 2.75) is 55.9 Å². The molecule has 0 aliphatic carbocycles. The molecule has 0 amide bonds. The zero-order valence-electron chi connectivity index (χ0n) is 25.8. The average molecular weight is 603 g/mol. The molecular formula is C33H31F3N6O2. The van der Waals surface area contributed by atoms with Gasteiger partial charge in [0.1, 0.15) is 41.3 Å². The summed E-state index contributed by atoms with van der Waals surface area (Å²) in [5.74, 6) is 0.929. The highest BCUT2D eigenvalue weighted by atomic mass is 19.1. The molecule has 8 nitrogen and oxygen atoms in total. The van der Waals surface area contributed by atoms with Gasteiger partial charge in [-0.15, -0.1) is 6.42 Å². The van der Waals surface area contributed by atoms with E-state index in [4.69, 9.17) is 13.9 Å². The summed E-state index contributed by atoms with van der Waals surface area (Å²) in [6.45, 7) is -0.412. The highest BCUT2D eigenvalue weighted by Crippen LogP contribution is 2.42. The van der Waals surface area contributed by atoms with Gasteiger partial charge in [-0.05, 0) is 55.8 Å². The van der Waals surface area contributed by atoms with Crippen molar-refractivity contribution in [1.29, 1.82) is 0 Å². The fraction of sp³-hybridized carbons (Fsp3) is 0.424. The number of halogens is 3. The van der Waals surface area contributed by atoms with Gasteiger partial charge in [0, 0.05) is 55.3 Å². The number of phenolic OH excluding ortho intramolecular Hbond substituents is 1. The molecule has 5 saturated heterocycles. The largest absolute Gasteiger partial charge is 0.508 e. The summed E-state index contributed by atoms with van der Waals surface area (Å²) < 4.78 is 70.3. The van der Waals surface area contributed by atoms with Gasteiger partial charge in [0.2, 0.25) is 0 Å². The first kappa shape index (κ1) is 25.2. The van der Waals surface area contributed by atoms with E-state index in [1.807, 2.05) is 0 Å². The number of hydrogen-bond acceptors (Lipinski definition) is 8. The summed E-state index contributed by atoms with van der Waals surface area (Å²) in [4.78, 5) is 17.4. The molecule has 44 heavy (non-hydrogen) atoms. The fourth-order valence-corrected chi connectivity index (χ4v) is 7.59. The summed E-state index contributed by atoms with van der Waals surface area (Å²) in [6, 6.07) is 5.18. The zero-order chi connectivity index (χ0) is 32.0. The predicted molar refractivity (Wildman–Crippen MR) is 160 cm³/mol. The van der Waals surface area contributed by atoms with E-state index in [1.165, 1.54) is 30.5 Å². The van der Waals surface area contributed by atoms with Gasteiger partial charge in [-0.3, -0.25) is 9.88 Å². The third-order valence-corrected chi connectivity index (χ3v) is 9.65. The second kappa shape index (κ2) is 10.2. The van der Waals surface area contributed by atoms with E-state index in [9.17, 15) is 13.9 Å². The van der Waals surface area contributed by atoms with Crippen molar-refractivity contribution in [3.05, 3.63) is 47.7 Å². The van der Waals surface area contributed by atoms with Crippen molar-refractivity contribution in [3.8, 4) is 35.4 Å². The minimum atomic E-state index is -2.38. The van der Waals surface area contributed by atoms with Crippen LogP contribution in [0.3, 0.4) is 0 Å². The van der Waals surface area contributed by atoms with Crippen molar-refractivity contribution in [2.75, 3.05) is 37.6 Å². The van der Waals surface area contributed by atoms with Crippen LogP contribution in [0.25, 0.3) is 32.9 Å². The number of anilines is 1. The van der Waals surface area contributed by atoms with Crippen molar-refractivity contribution in [3.63, 3.8) is 0 Å². The predicted octanol–water partition coefficient (Wildman–Crippen LogP) is 4.71. The molecule has 2 unspecified atom stereocenters. The van der Waals surface area contributed by atoms with Crippen LogP contribution < -0.4 is 15.0 Å². The molecule has 4 atom stereocenters. The highest BCUT2D eigenvalue weighted by Gasteiger charge is 2.49. The Morgan fingerprint density at radius 3 is 2.89 bits per heavy atom. The Balaban J connectivity index is 1.32. The topological polar surface area (TPSA) is 86.6 Å². The fourth-order valence-electron chi connectivity index (χ4n) is 7.59. The first-order chi connectivity index (χ1) is 22.1. The van der Waals surface area contributed by atoms with Crippen molar-refractivity contribution >= 4 is 27.5 Å². The lowest BCUT2D eigenvalue weighted by atomic mass is 9.92. The van der Waals surface area contributed by atoms with Crippen molar-refractivity contribution in [1.82, 2.24) is 25.2 Å². The Labute approximate surface area is 255 Å². The van der Waals surface area contributed by atoms with Crippen LogP contribution in [0.5, 0.6) is 11.8 Å². The van der Waals surface area contributed by atoms with E-state index in [1.54, 1.807) is 4.90 Å². The van der Waals surface area contributed by atoms with Crippen LogP contribution in [0, 0.1) is 24.0 Å². The number of piperazine rings is 1. The molecule has 5 fully saturated rings. The van der Waals surface area contributed by atoms with Gasteiger partial charge >= 0.3 is 6.01 Å². The van der Waals surface area contributed by atoms with Crippen LogP contribution in [0.2, 0.25) is 0 Å². The Morgan fingerprint density at radius 1 is 1.23 bits per heavy atom. The van der Waals surface area contributed by atoms with E-state index in [0.717, 1.165) is 12.8 Å². The highest BCUT2D eigenvalue weighted by molar-refractivity contribution is 6.03. The van der Waals surface area contributed by atoms with Gasteiger partial charge in [0.15, 0.2) is 5.82 Å². The standard InChI is InChI=1S/C33H31F3N6O2/c1-2-23-26(35)7-4-18-10-22(43)11-24(27(18)23)29-28(36)30-25(14-38-29)31(42-16-20-5-6-21(42)13-37-20)40-32(39-30)44-17-33-8-3-9-41(33)15-19(34)12-33/h1,4,7,10-11,14,19-21,37,43H,3,5-6,8-9,12-13,15-17H2/t19-,20?,21?,33+/m1/s1/i17D2. The lowest BCUT2D eigenvalue weighted by molar-refractivity contribution is 0.107. The number of aromatic nitrogens is 3. The van der Waals surface area contributed by atoms with Crippen LogP contribution in [0.15, 0.2) is 30.5 Å². The average Bonchev–Trinajstić information content (AvgIpc) is 3.59. The monoisotopic (exact) mass is 602 g/mol. The third-order valence-electron chi connectivity index (χ3n) is 9.65. The Kier molecular flexibility index (Phi) is 5.85. The summed E-state index contributed by atoms with van der Waals surface area (Å²) in [6.07, 6.45) is 8.86. The molecule has 0 radical (unpaired) electrons. The van der Waals surface area contributed by atoms with Crippen LogP contribution in [-0.4, -0.2) is 81.5 Å². The van der Waals surface area contributed by atoms with Gasteiger partial charge in [-0.1, -0.05) is 12.0 Å². The molecule has 4 aromatic rings. The smallest absolute Gasteiger partial charge is 0.319 e. The van der Waals surface area contributed by atoms with Gasteiger partial charge in [-0.2, -0.15) is 9.97 Å². The number of terminal acetylenes is 1. The molecule has 5 aliphatic heterocycles. The maximum Gasteiger partial charge on any atom is 0.319 e. The quantitative estimate of drug-likeness (QED) is 0.318. The van der Waals surface area contributed by atoms with Crippen LogP contribution in [0.1, 0.15) is 40.4 Å². The minimum Gasteiger partial charge on any atom is -0.508 e. The molecule has 2 N–H and O–H groups in total. The number of ether oxygens (including phenoxy) is 1. The van der Waals surface area contributed by atoms with Crippen LogP contribution in [0.4, 0.5) is 19.0 Å². The summed E-state index contributed by atoms with van der Waals surface area (Å²) >= 11 is 0. The molecule has 2 aromatic heterocycles. The summed E-state index contributed by atoms with van der Waals surface area (Å²) in [5.41, 5.74) is -1.64. The Hall–Kier alpha value is -4.14. The lowest BCUT2D eigenvalue weighted by Crippen LogP contribution is -2.61. The molecule has 5 aliphatic rings. The van der Waals surface area contributed by atoms with Gasteiger partial charge in [-0.25, -0.2) is 13.2 Å². The van der Waals surface area contributed by atoms with Crippen molar-refractivity contribution in [2.24, 2.45) is 0 Å². The minimum absolute atomic E-state index is 0.0247. The van der Waals surface area contributed by atoms with Gasteiger partial charge in [0.05, 0.1) is 19.2 Å². The molecule has 0 spiro atoms. The van der Waals surface area contributed by atoms with Gasteiger partial charge in [0.25, 0.3) is 0 Å². The van der Waals surface area contributed by atoms with E-state index in [-0.39, 0.29) is 64.5 Å². The molecule has 11 heteroatoms. The number of pyridine rings is 1. The molecule has 9 rings (SSSR count).